The van der Waals surface area contributed by atoms with Crippen molar-refractivity contribution < 1.29 is 23.9 Å². The molecule has 0 bridgehead atoms. The van der Waals surface area contributed by atoms with Crippen LogP contribution in [-0.4, -0.2) is 24.4 Å². The fourth-order valence-electron chi connectivity index (χ4n) is 3.28. The molecule has 0 unspecified atom stereocenters. The van der Waals surface area contributed by atoms with Crippen LogP contribution in [0.4, 0.5) is 11.4 Å². The summed E-state index contributed by atoms with van der Waals surface area (Å²) in [7, 11) is 0. The number of carbonyl (C=O) groups excluding carboxylic acids is 3. The molecule has 0 aromatic heterocycles. The van der Waals surface area contributed by atoms with E-state index in [-0.39, 0.29) is 18.7 Å². The van der Waals surface area contributed by atoms with Gasteiger partial charge in [0.1, 0.15) is 11.5 Å². The first-order valence-corrected chi connectivity index (χ1v) is 11.9. The third-order valence-corrected chi connectivity index (χ3v) is 6.35. The molecular weight excluding hydrogens is 512 g/mol. The number of esters is 1. The Hall–Kier alpha value is -3.65. The number of amides is 2. The lowest BCUT2D eigenvalue weighted by atomic mass is 10.1. The summed E-state index contributed by atoms with van der Waals surface area (Å²) in [6.45, 7) is 5.39. The normalized spacial score (nSPS) is 10.4. The van der Waals surface area contributed by atoms with E-state index in [1.807, 2.05) is 57.2 Å². The lowest BCUT2D eigenvalue weighted by Crippen LogP contribution is -2.22. The molecule has 35 heavy (non-hydrogen) atoms. The molecule has 3 rings (SSSR count). The SMILES string of the molecule is Cc1ccccc1Oc1ccc(NC(=O)CCC(=O)OCC(=O)Nc2cc(C)c(Br)c(C)c2)cc1. The molecule has 0 aliphatic heterocycles. The van der Waals surface area contributed by atoms with Gasteiger partial charge in [0.05, 0.1) is 6.42 Å². The Morgan fingerprint density at radius 3 is 2.06 bits per heavy atom. The third-order valence-electron chi connectivity index (χ3n) is 5.10. The number of nitrogens with one attached hydrogen (secondary N) is 2. The number of hydrogen-bond donors (Lipinski definition) is 2. The highest BCUT2D eigenvalue weighted by atomic mass is 79.9. The van der Waals surface area contributed by atoms with Gasteiger partial charge in [-0.15, -0.1) is 0 Å². The van der Waals surface area contributed by atoms with Crippen LogP contribution in [0.1, 0.15) is 29.5 Å². The van der Waals surface area contributed by atoms with E-state index in [9.17, 15) is 14.4 Å². The fourth-order valence-corrected chi connectivity index (χ4v) is 3.51. The van der Waals surface area contributed by atoms with Crippen LogP contribution in [0.25, 0.3) is 0 Å². The summed E-state index contributed by atoms with van der Waals surface area (Å²) in [5, 5.41) is 5.43. The van der Waals surface area contributed by atoms with Gasteiger partial charge < -0.3 is 20.1 Å². The average Bonchev–Trinajstić information content (AvgIpc) is 2.82. The summed E-state index contributed by atoms with van der Waals surface area (Å²) in [5.41, 5.74) is 4.19. The van der Waals surface area contributed by atoms with Gasteiger partial charge >= 0.3 is 5.97 Å². The highest BCUT2D eigenvalue weighted by Crippen LogP contribution is 2.26. The highest BCUT2D eigenvalue weighted by molar-refractivity contribution is 9.10. The monoisotopic (exact) mass is 538 g/mol. The van der Waals surface area contributed by atoms with Gasteiger partial charge in [-0.2, -0.15) is 0 Å². The maximum Gasteiger partial charge on any atom is 0.306 e. The van der Waals surface area contributed by atoms with Gasteiger partial charge in [0.2, 0.25) is 5.91 Å². The molecule has 0 fully saturated rings. The standard InChI is InChI=1S/C27H27BrN2O5/c1-17-6-4-5-7-23(17)35-22-10-8-20(9-11-22)29-24(31)12-13-26(33)34-16-25(32)30-21-14-18(2)27(28)19(3)15-21/h4-11,14-15H,12-13,16H2,1-3H3,(H,29,31)(H,30,32). The van der Waals surface area contributed by atoms with Crippen LogP contribution in [0.3, 0.4) is 0 Å². The van der Waals surface area contributed by atoms with E-state index in [4.69, 9.17) is 9.47 Å². The number of hydrogen-bond acceptors (Lipinski definition) is 5. The van der Waals surface area contributed by atoms with Crippen molar-refractivity contribution in [2.24, 2.45) is 0 Å². The first kappa shape index (κ1) is 26.0. The smallest absolute Gasteiger partial charge is 0.306 e. The zero-order chi connectivity index (χ0) is 25.4. The van der Waals surface area contributed by atoms with Gasteiger partial charge in [0, 0.05) is 22.3 Å². The summed E-state index contributed by atoms with van der Waals surface area (Å²) in [6.07, 6.45) is -0.197. The van der Waals surface area contributed by atoms with Crippen molar-refractivity contribution in [1.29, 1.82) is 0 Å². The predicted octanol–water partition coefficient (Wildman–Crippen LogP) is 6.07. The summed E-state index contributed by atoms with van der Waals surface area (Å²) in [6, 6.07) is 18.3. The molecule has 0 saturated carbocycles. The maximum atomic E-state index is 12.2. The third kappa shape index (κ3) is 7.96. The second kappa shape index (κ2) is 12.2. The van der Waals surface area contributed by atoms with E-state index in [0.717, 1.165) is 26.9 Å². The molecule has 0 aliphatic carbocycles. The molecule has 182 valence electrons. The van der Waals surface area contributed by atoms with Crippen molar-refractivity contribution in [2.45, 2.75) is 33.6 Å². The lowest BCUT2D eigenvalue weighted by molar-refractivity contribution is -0.147. The van der Waals surface area contributed by atoms with Gasteiger partial charge in [-0.1, -0.05) is 34.1 Å². The molecule has 0 heterocycles. The number of para-hydroxylation sites is 1. The molecule has 0 radical (unpaired) electrons. The zero-order valence-electron chi connectivity index (χ0n) is 19.8. The van der Waals surface area contributed by atoms with Crippen LogP contribution < -0.4 is 15.4 Å². The van der Waals surface area contributed by atoms with Crippen LogP contribution >= 0.6 is 15.9 Å². The summed E-state index contributed by atoms with van der Waals surface area (Å²) in [5.74, 6) is 0.00308. The lowest BCUT2D eigenvalue weighted by Gasteiger charge is -2.10. The van der Waals surface area contributed by atoms with Crippen molar-refractivity contribution in [1.82, 2.24) is 0 Å². The number of rotatable bonds is 9. The van der Waals surface area contributed by atoms with Crippen molar-refractivity contribution in [3.8, 4) is 11.5 Å². The fraction of sp³-hybridized carbons (Fsp3) is 0.222. The molecule has 0 aliphatic rings. The van der Waals surface area contributed by atoms with Crippen LogP contribution in [0.15, 0.2) is 65.1 Å². The van der Waals surface area contributed by atoms with E-state index in [2.05, 4.69) is 26.6 Å². The number of benzene rings is 3. The van der Waals surface area contributed by atoms with E-state index in [1.165, 1.54) is 0 Å². The molecular formula is C27H27BrN2O5. The van der Waals surface area contributed by atoms with Gasteiger partial charge in [-0.25, -0.2) is 0 Å². The van der Waals surface area contributed by atoms with Crippen molar-refractivity contribution in [3.63, 3.8) is 0 Å². The Kier molecular flexibility index (Phi) is 9.03. The quantitative estimate of drug-likeness (QED) is 0.322. The van der Waals surface area contributed by atoms with Crippen LogP contribution in [0.5, 0.6) is 11.5 Å². The number of carbonyl (C=O) groups is 3. The molecule has 2 amide bonds. The van der Waals surface area contributed by atoms with E-state index < -0.39 is 18.5 Å². The largest absolute Gasteiger partial charge is 0.457 e. The zero-order valence-corrected chi connectivity index (χ0v) is 21.4. The Bertz CT molecular complexity index is 1200. The Labute approximate surface area is 213 Å². The summed E-state index contributed by atoms with van der Waals surface area (Å²) < 4.78 is 11.8. The molecule has 3 aromatic carbocycles. The molecule has 2 N–H and O–H groups in total. The van der Waals surface area contributed by atoms with Gasteiger partial charge in [-0.05, 0) is 79.9 Å². The first-order chi connectivity index (χ1) is 16.7. The second-order valence-corrected chi connectivity index (χ2v) is 8.87. The predicted molar refractivity (Wildman–Crippen MR) is 139 cm³/mol. The van der Waals surface area contributed by atoms with Gasteiger partial charge in [0.15, 0.2) is 6.61 Å². The van der Waals surface area contributed by atoms with Crippen molar-refractivity contribution >= 4 is 45.1 Å². The van der Waals surface area contributed by atoms with Crippen LogP contribution in [0, 0.1) is 20.8 Å². The topological polar surface area (TPSA) is 93.7 Å². The second-order valence-electron chi connectivity index (χ2n) is 8.07. The van der Waals surface area contributed by atoms with E-state index in [1.54, 1.807) is 24.3 Å². The molecule has 0 spiro atoms. The minimum atomic E-state index is -0.625. The number of aryl methyl sites for hydroxylation is 3. The maximum absolute atomic E-state index is 12.2. The summed E-state index contributed by atoms with van der Waals surface area (Å²) >= 11 is 3.48. The number of ether oxygens (including phenoxy) is 2. The molecule has 7 nitrogen and oxygen atoms in total. The average molecular weight is 539 g/mol. The minimum absolute atomic E-state index is 0.0625. The van der Waals surface area contributed by atoms with Crippen LogP contribution in [-0.2, 0) is 19.1 Å². The number of halogens is 1. The van der Waals surface area contributed by atoms with Crippen molar-refractivity contribution in [3.05, 3.63) is 81.8 Å². The molecule has 0 atom stereocenters. The van der Waals surface area contributed by atoms with Gasteiger partial charge in [0.25, 0.3) is 5.91 Å². The van der Waals surface area contributed by atoms with Crippen molar-refractivity contribution in [2.75, 3.05) is 17.2 Å². The Balaban J connectivity index is 1.39. The Morgan fingerprint density at radius 2 is 1.40 bits per heavy atom. The van der Waals surface area contributed by atoms with Gasteiger partial charge in [-0.3, -0.25) is 14.4 Å². The Morgan fingerprint density at radius 1 is 0.771 bits per heavy atom. The van der Waals surface area contributed by atoms with Crippen LogP contribution in [0.2, 0.25) is 0 Å². The molecule has 0 saturated heterocycles. The number of anilines is 2. The summed E-state index contributed by atoms with van der Waals surface area (Å²) in [4.78, 5) is 36.2. The highest BCUT2D eigenvalue weighted by Gasteiger charge is 2.12. The molecule has 3 aromatic rings. The van der Waals surface area contributed by atoms with E-state index >= 15 is 0 Å². The first-order valence-electron chi connectivity index (χ1n) is 11.1. The minimum Gasteiger partial charge on any atom is -0.457 e. The molecule has 8 heteroatoms. The van der Waals surface area contributed by atoms with E-state index in [0.29, 0.717) is 17.1 Å².